The Hall–Kier alpha value is -2.89. The third kappa shape index (κ3) is 3.69. The molecule has 0 aliphatic carbocycles. The summed E-state index contributed by atoms with van der Waals surface area (Å²) in [6, 6.07) is 5.38. The van der Waals surface area contributed by atoms with Crippen LogP contribution in [0.15, 0.2) is 18.2 Å². The second-order valence-corrected chi connectivity index (χ2v) is 6.35. The fourth-order valence-corrected chi connectivity index (χ4v) is 2.93. The van der Waals surface area contributed by atoms with Crippen LogP contribution in [0.3, 0.4) is 0 Å². The highest BCUT2D eigenvalue weighted by atomic mass is 16.5. The van der Waals surface area contributed by atoms with Crippen molar-refractivity contribution in [3.05, 3.63) is 57.4 Å². The van der Waals surface area contributed by atoms with E-state index in [0.717, 1.165) is 11.1 Å². The minimum Gasteiger partial charge on any atom is -0.465 e. The highest BCUT2D eigenvalue weighted by molar-refractivity contribution is 6.04. The van der Waals surface area contributed by atoms with Gasteiger partial charge in [0.2, 0.25) is 5.78 Å². The minimum absolute atomic E-state index is 0.240. The number of Topliss-reactive ketones (excluding diaryl/α,β-unsaturated/α-hetero) is 1. The molecule has 0 saturated carbocycles. The minimum atomic E-state index is -0.995. The number of carbonyl (C=O) groups excluding carboxylic acids is 3. The van der Waals surface area contributed by atoms with Gasteiger partial charge in [-0.2, -0.15) is 0 Å². The molecule has 0 fully saturated rings. The quantitative estimate of drug-likeness (QED) is 0.654. The van der Waals surface area contributed by atoms with E-state index in [-0.39, 0.29) is 5.69 Å². The van der Waals surface area contributed by atoms with E-state index in [0.29, 0.717) is 22.4 Å². The summed E-state index contributed by atoms with van der Waals surface area (Å²) in [5, 5.41) is 0. The first-order valence-corrected chi connectivity index (χ1v) is 8.27. The molecule has 6 nitrogen and oxygen atoms in total. The summed E-state index contributed by atoms with van der Waals surface area (Å²) in [6.07, 6.45) is -0.995. The molecule has 1 N–H and O–H groups in total. The maximum Gasteiger partial charge on any atom is 0.339 e. The van der Waals surface area contributed by atoms with E-state index in [9.17, 15) is 14.4 Å². The average molecular weight is 357 g/mol. The summed E-state index contributed by atoms with van der Waals surface area (Å²) in [5.74, 6) is -1.48. The molecule has 0 amide bonds. The van der Waals surface area contributed by atoms with Gasteiger partial charge in [0.25, 0.3) is 0 Å². The number of esters is 2. The number of methoxy groups -OCH3 is 1. The number of ether oxygens (including phenoxy) is 2. The number of benzene rings is 1. The van der Waals surface area contributed by atoms with E-state index in [1.165, 1.54) is 14.0 Å². The van der Waals surface area contributed by atoms with Crippen molar-refractivity contribution >= 4 is 17.7 Å². The Morgan fingerprint density at radius 3 is 2.27 bits per heavy atom. The topological polar surface area (TPSA) is 85.5 Å². The summed E-state index contributed by atoms with van der Waals surface area (Å²) in [4.78, 5) is 39.8. The number of rotatable bonds is 5. The zero-order valence-electron chi connectivity index (χ0n) is 15.9. The lowest BCUT2D eigenvalue weighted by atomic mass is 10.0. The molecule has 2 aromatic rings. The smallest absolute Gasteiger partial charge is 0.339 e. The summed E-state index contributed by atoms with van der Waals surface area (Å²) in [7, 11) is 1.28. The average Bonchev–Trinajstić information content (AvgIpc) is 2.87. The van der Waals surface area contributed by atoms with Crippen LogP contribution in [0.25, 0.3) is 0 Å². The van der Waals surface area contributed by atoms with Crippen LogP contribution in [-0.4, -0.2) is 35.9 Å². The first-order chi connectivity index (χ1) is 12.2. The first-order valence-electron chi connectivity index (χ1n) is 8.27. The fourth-order valence-electron chi connectivity index (χ4n) is 2.93. The van der Waals surface area contributed by atoms with E-state index < -0.39 is 23.8 Å². The van der Waals surface area contributed by atoms with Gasteiger partial charge < -0.3 is 14.5 Å². The van der Waals surface area contributed by atoms with Crippen LogP contribution in [0.2, 0.25) is 0 Å². The molecule has 26 heavy (non-hydrogen) atoms. The normalized spacial score (nSPS) is 11.8. The molecule has 0 aliphatic heterocycles. The third-order valence-corrected chi connectivity index (χ3v) is 4.33. The lowest BCUT2D eigenvalue weighted by molar-refractivity contribution is 0.0316. The Kier molecular flexibility index (Phi) is 5.65. The molecule has 2 rings (SSSR count). The number of H-pyrrole nitrogens is 1. The van der Waals surface area contributed by atoms with Gasteiger partial charge in [0.1, 0.15) is 0 Å². The molecule has 6 heteroatoms. The monoisotopic (exact) mass is 357 g/mol. The van der Waals surface area contributed by atoms with Gasteiger partial charge in [0, 0.05) is 5.69 Å². The van der Waals surface area contributed by atoms with Crippen LogP contribution < -0.4 is 0 Å². The number of hydrogen-bond acceptors (Lipinski definition) is 5. The maximum absolute atomic E-state index is 12.7. The van der Waals surface area contributed by atoms with E-state index >= 15 is 0 Å². The Morgan fingerprint density at radius 1 is 1.04 bits per heavy atom. The van der Waals surface area contributed by atoms with Crippen molar-refractivity contribution in [1.82, 2.24) is 4.98 Å². The Balaban J connectivity index is 2.22. The van der Waals surface area contributed by atoms with Gasteiger partial charge in [0.15, 0.2) is 6.10 Å². The van der Waals surface area contributed by atoms with Crippen LogP contribution >= 0.6 is 0 Å². The molecule has 138 valence electrons. The lowest BCUT2D eigenvalue weighted by Crippen LogP contribution is -2.25. The van der Waals surface area contributed by atoms with Crippen molar-refractivity contribution in [3.63, 3.8) is 0 Å². The van der Waals surface area contributed by atoms with Gasteiger partial charge in [-0.05, 0) is 51.8 Å². The Bertz CT molecular complexity index is 879. The van der Waals surface area contributed by atoms with Crippen LogP contribution in [-0.2, 0) is 9.47 Å². The molecule has 0 bridgehead atoms. The van der Waals surface area contributed by atoms with Crippen LogP contribution in [0.5, 0.6) is 0 Å². The number of hydrogen-bond donors (Lipinski definition) is 1. The second-order valence-electron chi connectivity index (χ2n) is 6.35. The Labute approximate surface area is 152 Å². The number of nitrogens with one attached hydrogen (secondary N) is 1. The maximum atomic E-state index is 12.7. The van der Waals surface area contributed by atoms with Gasteiger partial charge >= 0.3 is 11.9 Å². The van der Waals surface area contributed by atoms with E-state index in [1.54, 1.807) is 19.9 Å². The van der Waals surface area contributed by atoms with Crippen LogP contribution in [0.4, 0.5) is 0 Å². The van der Waals surface area contributed by atoms with E-state index in [4.69, 9.17) is 9.47 Å². The van der Waals surface area contributed by atoms with Gasteiger partial charge in [0.05, 0.1) is 23.9 Å². The van der Waals surface area contributed by atoms with Crippen LogP contribution in [0, 0.1) is 27.7 Å². The van der Waals surface area contributed by atoms with Crippen LogP contribution in [0.1, 0.15) is 60.5 Å². The van der Waals surface area contributed by atoms with Gasteiger partial charge in [-0.1, -0.05) is 17.7 Å². The molecule has 0 radical (unpaired) electrons. The molecule has 0 spiro atoms. The fraction of sp³-hybridized carbons (Fsp3) is 0.350. The van der Waals surface area contributed by atoms with Gasteiger partial charge in [-0.3, -0.25) is 4.79 Å². The summed E-state index contributed by atoms with van der Waals surface area (Å²) >= 11 is 0. The highest BCUT2D eigenvalue weighted by Gasteiger charge is 2.27. The number of aryl methyl sites for hydroxylation is 3. The molecule has 1 aromatic heterocycles. The second kappa shape index (κ2) is 7.56. The molecular formula is C20H23NO5. The van der Waals surface area contributed by atoms with Crippen molar-refractivity contribution in [2.24, 2.45) is 0 Å². The first kappa shape index (κ1) is 19.4. The largest absolute Gasteiger partial charge is 0.465 e. The molecule has 1 aromatic carbocycles. The number of ketones is 1. The van der Waals surface area contributed by atoms with Crippen molar-refractivity contribution < 1.29 is 23.9 Å². The van der Waals surface area contributed by atoms with Crippen molar-refractivity contribution in [3.8, 4) is 0 Å². The summed E-state index contributed by atoms with van der Waals surface area (Å²) in [5.41, 5.74) is 3.82. The van der Waals surface area contributed by atoms with Gasteiger partial charge in [-0.15, -0.1) is 0 Å². The third-order valence-electron chi connectivity index (χ3n) is 4.33. The molecular weight excluding hydrogens is 334 g/mol. The zero-order valence-corrected chi connectivity index (χ0v) is 15.9. The number of carbonyl (C=O) groups is 3. The van der Waals surface area contributed by atoms with Gasteiger partial charge in [-0.25, -0.2) is 9.59 Å². The standard InChI is InChI=1S/C20H23NO5/c1-10-7-8-15(11(2)9-10)19(23)26-14(5)18(22)17-12(3)16(13(4)21-17)20(24)25-6/h7-9,14,21H,1-6H3. The highest BCUT2D eigenvalue weighted by Crippen LogP contribution is 2.21. The zero-order chi connectivity index (χ0) is 19.6. The van der Waals surface area contributed by atoms with E-state index in [2.05, 4.69) is 4.98 Å². The van der Waals surface area contributed by atoms with Crippen molar-refractivity contribution in [2.75, 3.05) is 7.11 Å². The van der Waals surface area contributed by atoms with Crippen molar-refractivity contribution in [1.29, 1.82) is 0 Å². The summed E-state index contributed by atoms with van der Waals surface area (Å²) in [6.45, 7) is 8.60. The lowest BCUT2D eigenvalue weighted by Gasteiger charge is -2.13. The summed E-state index contributed by atoms with van der Waals surface area (Å²) < 4.78 is 10.1. The molecule has 1 heterocycles. The number of aromatic nitrogens is 1. The van der Waals surface area contributed by atoms with Crippen molar-refractivity contribution in [2.45, 2.75) is 40.7 Å². The molecule has 1 atom stereocenters. The number of aromatic amines is 1. The predicted molar refractivity (Wildman–Crippen MR) is 96.7 cm³/mol. The predicted octanol–water partition coefficient (Wildman–Crippen LogP) is 3.46. The van der Waals surface area contributed by atoms with E-state index in [1.807, 2.05) is 26.0 Å². The SMILES string of the molecule is COC(=O)c1c(C)[nH]c(C(=O)C(C)OC(=O)c2ccc(C)cc2C)c1C. The molecule has 0 saturated heterocycles. The molecule has 0 aliphatic rings. The molecule has 1 unspecified atom stereocenters. The Morgan fingerprint density at radius 2 is 1.69 bits per heavy atom.